The van der Waals surface area contributed by atoms with Gasteiger partial charge in [-0.05, 0) is 50.2 Å². The first kappa shape index (κ1) is 20.6. The molecule has 0 saturated carbocycles. The van der Waals surface area contributed by atoms with Crippen LogP contribution in [0.1, 0.15) is 17.0 Å². The Labute approximate surface area is 189 Å². The van der Waals surface area contributed by atoms with Gasteiger partial charge < -0.3 is 24.0 Å². The molecule has 5 rings (SSSR count). The number of urea groups is 1. The Morgan fingerprint density at radius 3 is 2.58 bits per heavy atom. The number of carbonyl (C=O) groups excluding carboxylic acids is 2. The second-order valence-electron chi connectivity index (χ2n) is 7.78. The largest absolute Gasteiger partial charge is 0.418 e. The maximum atomic E-state index is 12.7. The van der Waals surface area contributed by atoms with Gasteiger partial charge in [-0.1, -0.05) is 5.16 Å². The van der Waals surface area contributed by atoms with Gasteiger partial charge in [0.05, 0.1) is 18.4 Å². The molecule has 0 radical (unpaired) electrons. The number of aliphatic imine (C=N–C) groups is 1. The molecule has 0 spiro atoms. The summed E-state index contributed by atoms with van der Waals surface area (Å²) in [6, 6.07) is 11.0. The van der Waals surface area contributed by atoms with E-state index in [9.17, 15) is 9.59 Å². The van der Waals surface area contributed by atoms with Gasteiger partial charge in [0.1, 0.15) is 5.76 Å². The van der Waals surface area contributed by atoms with Crippen molar-refractivity contribution in [1.82, 2.24) is 19.5 Å². The first-order valence-electron chi connectivity index (χ1n) is 10.5. The molecular weight excluding hydrogens is 424 g/mol. The highest BCUT2D eigenvalue weighted by molar-refractivity contribution is 6.06. The first-order valence-corrected chi connectivity index (χ1v) is 10.5. The summed E-state index contributed by atoms with van der Waals surface area (Å²) in [4.78, 5) is 32.7. The van der Waals surface area contributed by atoms with Gasteiger partial charge in [0.15, 0.2) is 0 Å². The fourth-order valence-corrected chi connectivity index (χ4v) is 3.69. The third-order valence-corrected chi connectivity index (χ3v) is 5.57. The monoisotopic (exact) mass is 446 g/mol. The van der Waals surface area contributed by atoms with Gasteiger partial charge in [0, 0.05) is 42.4 Å². The van der Waals surface area contributed by atoms with Crippen LogP contribution < -0.4 is 5.32 Å². The summed E-state index contributed by atoms with van der Waals surface area (Å²) in [5, 5.41) is 6.74. The number of amides is 3. The van der Waals surface area contributed by atoms with Gasteiger partial charge in [0.25, 0.3) is 5.91 Å². The van der Waals surface area contributed by atoms with E-state index in [-0.39, 0.29) is 11.8 Å². The molecule has 0 aliphatic carbocycles. The summed E-state index contributed by atoms with van der Waals surface area (Å²) >= 11 is 0. The molecule has 0 fully saturated rings. The third kappa shape index (κ3) is 4.10. The zero-order chi connectivity index (χ0) is 22.9. The minimum absolute atomic E-state index is 0.0789. The summed E-state index contributed by atoms with van der Waals surface area (Å²) in [6.45, 7) is 4.85. The van der Waals surface area contributed by atoms with Gasteiger partial charge in [-0.2, -0.15) is 0 Å². The Balaban J connectivity index is 1.23. The number of fused-ring (bicyclic) bond motifs is 1. The van der Waals surface area contributed by atoms with Gasteiger partial charge in [0.2, 0.25) is 5.76 Å². The highest BCUT2D eigenvalue weighted by Gasteiger charge is 2.32. The number of rotatable bonds is 5. The summed E-state index contributed by atoms with van der Waals surface area (Å²) in [7, 11) is 0. The second-order valence-corrected chi connectivity index (χ2v) is 7.78. The number of aromatic nitrogens is 2. The number of anilines is 1. The van der Waals surface area contributed by atoms with Crippen LogP contribution in [-0.2, 0) is 16.1 Å². The Hall–Kier alpha value is -4.34. The van der Waals surface area contributed by atoms with Crippen LogP contribution in [0, 0.1) is 13.8 Å². The predicted octanol–water partition coefficient (Wildman–Crippen LogP) is 3.19. The third-order valence-electron chi connectivity index (χ3n) is 5.57. The summed E-state index contributed by atoms with van der Waals surface area (Å²) in [6.07, 6.45) is 5.46. The number of carbonyl (C=O) groups is 2. The number of benzene rings is 1. The van der Waals surface area contributed by atoms with Crippen molar-refractivity contribution < 1.29 is 18.8 Å². The van der Waals surface area contributed by atoms with Gasteiger partial charge >= 0.3 is 12.1 Å². The highest BCUT2D eigenvalue weighted by atomic mass is 16.5. The minimum Gasteiger partial charge on any atom is -0.418 e. The Kier molecular flexibility index (Phi) is 5.17. The fraction of sp³-hybridized carbons (Fsp3) is 0.217. The van der Waals surface area contributed by atoms with Gasteiger partial charge in [-0.25, -0.2) is 4.79 Å². The topological polar surface area (TPSA) is 105 Å². The molecule has 1 N–H and O–H groups in total. The predicted molar refractivity (Wildman–Crippen MR) is 119 cm³/mol. The van der Waals surface area contributed by atoms with Crippen molar-refractivity contribution >= 4 is 23.6 Å². The molecule has 3 aromatic rings. The number of nitrogens with zero attached hydrogens (tertiary/aromatic N) is 5. The lowest BCUT2D eigenvalue weighted by atomic mass is 10.2. The van der Waals surface area contributed by atoms with Gasteiger partial charge in [-0.3, -0.25) is 9.69 Å². The maximum Gasteiger partial charge on any atom is 0.348 e. The van der Waals surface area contributed by atoms with E-state index in [1.165, 1.54) is 0 Å². The van der Waals surface area contributed by atoms with Crippen LogP contribution in [-0.4, -0.2) is 50.6 Å². The van der Waals surface area contributed by atoms with Crippen LogP contribution >= 0.6 is 0 Å². The van der Waals surface area contributed by atoms with E-state index < -0.39 is 11.9 Å². The van der Waals surface area contributed by atoms with E-state index >= 15 is 0 Å². The van der Waals surface area contributed by atoms with Crippen molar-refractivity contribution in [3.8, 4) is 5.69 Å². The molecule has 4 heterocycles. The summed E-state index contributed by atoms with van der Waals surface area (Å²) in [5.41, 5.74) is 3.22. The van der Waals surface area contributed by atoms with E-state index in [4.69, 9.17) is 9.26 Å². The SMILES string of the molecule is Cc1noc(C)c1CN1CCN2C=C(C(=O)Nc3ccc(-n4cccc4)cc3)OC2=NC1=O. The van der Waals surface area contributed by atoms with E-state index in [2.05, 4.69) is 15.5 Å². The van der Waals surface area contributed by atoms with E-state index in [1.54, 1.807) is 16.0 Å². The molecule has 33 heavy (non-hydrogen) atoms. The fourth-order valence-electron chi connectivity index (χ4n) is 3.69. The first-order chi connectivity index (χ1) is 16.0. The van der Waals surface area contributed by atoms with Crippen molar-refractivity contribution in [2.75, 3.05) is 18.4 Å². The molecule has 168 valence electrons. The van der Waals surface area contributed by atoms with Crippen LogP contribution in [0.25, 0.3) is 5.69 Å². The lowest BCUT2D eigenvalue weighted by Gasteiger charge is -2.19. The number of hydrogen-bond donors (Lipinski definition) is 1. The van der Waals surface area contributed by atoms with Crippen LogP contribution in [0.15, 0.2) is 70.3 Å². The standard InChI is InChI=1S/C23H22N6O4/c1-15-19(16(2)33-26-15)13-28-11-12-29-14-20(32-23(29)25-22(28)31)21(30)24-17-5-7-18(8-6-17)27-9-3-4-10-27/h3-10,14H,11-13H2,1-2H3,(H,24,30). The molecule has 1 aromatic carbocycles. The Morgan fingerprint density at radius 2 is 1.88 bits per heavy atom. The molecule has 2 aliphatic heterocycles. The van der Waals surface area contributed by atoms with E-state index in [1.807, 2.05) is 67.2 Å². The van der Waals surface area contributed by atoms with E-state index in [0.717, 1.165) is 16.9 Å². The van der Waals surface area contributed by atoms with E-state index in [0.29, 0.717) is 31.1 Å². The number of nitrogens with one attached hydrogen (secondary N) is 1. The molecule has 0 atom stereocenters. The molecule has 10 heteroatoms. The molecule has 0 saturated heterocycles. The summed E-state index contributed by atoms with van der Waals surface area (Å²) < 4.78 is 12.8. The number of amidine groups is 1. The normalized spacial score (nSPS) is 15.5. The van der Waals surface area contributed by atoms with Crippen molar-refractivity contribution in [1.29, 1.82) is 0 Å². The van der Waals surface area contributed by atoms with Crippen LogP contribution in [0.5, 0.6) is 0 Å². The van der Waals surface area contributed by atoms with Gasteiger partial charge in [-0.15, -0.1) is 4.99 Å². The minimum atomic E-state index is -0.442. The molecule has 0 unspecified atom stereocenters. The zero-order valence-corrected chi connectivity index (χ0v) is 18.2. The lowest BCUT2D eigenvalue weighted by molar-refractivity contribution is -0.114. The molecule has 3 amide bonds. The smallest absolute Gasteiger partial charge is 0.348 e. The molecular formula is C23H22N6O4. The second kappa shape index (κ2) is 8.30. The van der Waals surface area contributed by atoms with Crippen molar-refractivity contribution in [2.45, 2.75) is 20.4 Å². The molecule has 2 aromatic heterocycles. The average Bonchev–Trinajstić information content (AvgIpc) is 3.52. The van der Waals surface area contributed by atoms with Crippen LogP contribution in [0.3, 0.4) is 0 Å². The highest BCUT2D eigenvalue weighted by Crippen LogP contribution is 2.22. The van der Waals surface area contributed by atoms with Crippen molar-refractivity contribution in [3.05, 3.63) is 77.8 Å². The van der Waals surface area contributed by atoms with Crippen molar-refractivity contribution in [3.63, 3.8) is 0 Å². The zero-order valence-electron chi connectivity index (χ0n) is 18.2. The maximum absolute atomic E-state index is 12.7. The lowest BCUT2D eigenvalue weighted by Crippen LogP contribution is -2.32. The Morgan fingerprint density at radius 1 is 1.12 bits per heavy atom. The Bertz CT molecular complexity index is 1240. The van der Waals surface area contributed by atoms with Crippen molar-refractivity contribution in [2.24, 2.45) is 4.99 Å². The quantitative estimate of drug-likeness (QED) is 0.645. The van der Waals surface area contributed by atoms with Crippen LogP contribution in [0.2, 0.25) is 0 Å². The van der Waals surface area contributed by atoms with Crippen LogP contribution in [0.4, 0.5) is 10.5 Å². The number of hydrogen-bond acceptors (Lipinski definition) is 6. The number of aryl methyl sites for hydroxylation is 2. The average molecular weight is 446 g/mol. The molecule has 2 aliphatic rings. The number of ether oxygens (including phenoxy) is 1. The molecule has 10 nitrogen and oxygen atoms in total. The summed E-state index contributed by atoms with van der Waals surface area (Å²) in [5.74, 6) is 0.337. The molecule has 0 bridgehead atoms.